The molecule has 1 aromatic heterocycles. The van der Waals surface area contributed by atoms with Crippen molar-refractivity contribution in [3.05, 3.63) is 41.2 Å². The van der Waals surface area contributed by atoms with Gasteiger partial charge in [-0.15, -0.1) is 0 Å². The van der Waals surface area contributed by atoms with E-state index in [0.717, 1.165) is 48.7 Å². The van der Waals surface area contributed by atoms with Gasteiger partial charge < -0.3 is 15.1 Å². The van der Waals surface area contributed by atoms with E-state index in [0.29, 0.717) is 6.04 Å². The molecule has 1 saturated heterocycles. The highest BCUT2D eigenvalue weighted by atomic mass is 35.5. The molecule has 1 aliphatic heterocycles. The fourth-order valence-electron chi connectivity index (χ4n) is 4.11. The van der Waals surface area contributed by atoms with E-state index in [1.54, 1.807) is 0 Å². The normalized spacial score (nSPS) is 18.6. The van der Waals surface area contributed by atoms with E-state index in [9.17, 15) is 0 Å². The molecule has 2 fully saturated rings. The minimum absolute atomic E-state index is 0.556. The molecular formula is C21H28ClN5. The summed E-state index contributed by atoms with van der Waals surface area (Å²) in [7, 11) is 0. The molecule has 4 rings (SSSR count). The Balaban J connectivity index is 1.41. The number of hydrogen-bond donors (Lipinski definition) is 1. The van der Waals surface area contributed by atoms with Gasteiger partial charge in [0.1, 0.15) is 17.5 Å². The molecule has 1 aromatic carbocycles. The van der Waals surface area contributed by atoms with Crippen LogP contribution in [0.3, 0.4) is 0 Å². The summed E-state index contributed by atoms with van der Waals surface area (Å²) in [6.07, 6.45) is 6.50. The van der Waals surface area contributed by atoms with Crippen LogP contribution in [0.4, 0.5) is 17.3 Å². The van der Waals surface area contributed by atoms with Crippen molar-refractivity contribution in [2.24, 2.45) is 0 Å². The van der Waals surface area contributed by atoms with Crippen LogP contribution < -0.4 is 15.1 Å². The maximum atomic E-state index is 6.14. The Morgan fingerprint density at radius 1 is 0.963 bits per heavy atom. The van der Waals surface area contributed by atoms with Crippen LogP contribution in [0.2, 0.25) is 5.02 Å². The van der Waals surface area contributed by atoms with E-state index in [1.807, 2.05) is 25.1 Å². The zero-order valence-corrected chi connectivity index (χ0v) is 16.8. The van der Waals surface area contributed by atoms with Gasteiger partial charge in [0.25, 0.3) is 0 Å². The van der Waals surface area contributed by atoms with Crippen molar-refractivity contribution in [3.63, 3.8) is 0 Å². The van der Waals surface area contributed by atoms with E-state index < -0.39 is 0 Å². The second-order valence-corrected chi connectivity index (χ2v) is 8.03. The number of aromatic nitrogens is 2. The maximum absolute atomic E-state index is 6.14. The fraction of sp³-hybridized carbons (Fsp3) is 0.524. The van der Waals surface area contributed by atoms with Gasteiger partial charge in [0.05, 0.1) is 0 Å². The first kappa shape index (κ1) is 18.4. The van der Waals surface area contributed by atoms with Crippen LogP contribution in [0, 0.1) is 6.92 Å². The molecule has 1 N–H and O–H groups in total. The summed E-state index contributed by atoms with van der Waals surface area (Å²) >= 11 is 6.14. The summed E-state index contributed by atoms with van der Waals surface area (Å²) in [5.74, 6) is 2.84. The second-order valence-electron chi connectivity index (χ2n) is 7.59. The topological polar surface area (TPSA) is 44.3 Å². The van der Waals surface area contributed by atoms with Crippen LogP contribution in [-0.4, -0.2) is 42.2 Å². The summed E-state index contributed by atoms with van der Waals surface area (Å²) in [5, 5.41) is 4.43. The SMILES string of the molecule is Cc1nc(NC2CCCCC2)cc(N2CCN(c3cccc(Cl)c3)CC2)n1. The number of halogens is 1. The largest absolute Gasteiger partial charge is 0.368 e. The van der Waals surface area contributed by atoms with Gasteiger partial charge >= 0.3 is 0 Å². The first-order valence-electron chi connectivity index (χ1n) is 10.0. The first-order chi connectivity index (χ1) is 13.2. The summed E-state index contributed by atoms with van der Waals surface area (Å²) in [4.78, 5) is 14.1. The molecular weight excluding hydrogens is 358 g/mol. The van der Waals surface area contributed by atoms with Crippen LogP contribution in [0.5, 0.6) is 0 Å². The lowest BCUT2D eigenvalue weighted by Crippen LogP contribution is -2.47. The molecule has 0 amide bonds. The molecule has 144 valence electrons. The number of nitrogens with zero attached hydrogens (tertiary/aromatic N) is 4. The molecule has 1 saturated carbocycles. The summed E-state index contributed by atoms with van der Waals surface area (Å²) in [5.41, 5.74) is 1.20. The molecule has 0 radical (unpaired) electrons. The van der Waals surface area contributed by atoms with Crippen LogP contribution in [-0.2, 0) is 0 Å². The molecule has 6 heteroatoms. The van der Waals surface area contributed by atoms with Gasteiger partial charge in [-0.05, 0) is 38.0 Å². The van der Waals surface area contributed by atoms with Crippen molar-refractivity contribution < 1.29 is 0 Å². The predicted octanol–water partition coefficient (Wildman–Crippen LogP) is 4.51. The lowest BCUT2D eigenvalue weighted by atomic mass is 9.95. The third-order valence-corrected chi connectivity index (χ3v) is 5.79. The zero-order chi connectivity index (χ0) is 18.6. The second kappa shape index (κ2) is 8.34. The Kier molecular flexibility index (Phi) is 5.67. The monoisotopic (exact) mass is 385 g/mol. The molecule has 0 unspecified atom stereocenters. The zero-order valence-electron chi connectivity index (χ0n) is 16.0. The van der Waals surface area contributed by atoms with Crippen molar-refractivity contribution in [3.8, 4) is 0 Å². The number of anilines is 3. The number of aryl methyl sites for hydroxylation is 1. The van der Waals surface area contributed by atoms with Gasteiger partial charge in [-0.3, -0.25) is 0 Å². The standard InChI is InChI=1S/C21H28ClN5/c1-16-23-20(25-18-7-3-2-4-8-18)15-21(24-16)27-12-10-26(11-13-27)19-9-5-6-17(22)14-19/h5-6,9,14-15,18H,2-4,7-8,10-13H2,1H3,(H,23,24,25). The Morgan fingerprint density at radius 2 is 1.70 bits per heavy atom. The minimum Gasteiger partial charge on any atom is -0.368 e. The van der Waals surface area contributed by atoms with Gasteiger partial charge in [0.15, 0.2) is 0 Å². The lowest BCUT2D eigenvalue weighted by molar-refractivity contribution is 0.461. The molecule has 5 nitrogen and oxygen atoms in total. The highest BCUT2D eigenvalue weighted by Crippen LogP contribution is 2.25. The fourth-order valence-corrected chi connectivity index (χ4v) is 4.30. The Labute approximate surface area is 166 Å². The third kappa shape index (κ3) is 4.64. The predicted molar refractivity (Wildman–Crippen MR) is 113 cm³/mol. The van der Waals surface area contributed by atoms with E-state index >= 15 is 0 Å². The van der Waals surface area contributed by atoms with E-state index in [4.69, 9.17) is 16.6 Å². The number of hydrogen-bond acceptors (Lipinski definition) is 5. The average molecular weight is 386 g/mol. The Morgan fingerprint density at radius 3 is 2.44 bits per heavy atom. The molecule has 0 bridgehead atoms. The summed E-state index contributed by atoms with van der Waals surface area (Å²) < 4.78 is 0. The molecule has 1 aliphatic carbocycles. The maximum Gasteiger partial charge on any atom is 0.134 e. The van der Waals surface area contributed by atoms with Crippen molar-refractivity contribution in [2.45, 2.75) is 45.1 Å². The van der Waals surface area contributed by atoms with E-state index in [-0.39, 0.29) is 0 Å². The van der Waals surface area contributed by atoms with E-state index in [2.05, 4.69) is 32.2 Å². The number of piperazine rings is 1. The van der Waals surface area contributed by atoms with Gasteiger partial charge in [-0.25, -0.2) is 9.97 Å². The highest BCUT2D eigenvalue weighted by molar-refractivity contribution is 6.30. The van der Waals surface area contributed by atoms with Crippen LogP contribution in [0.15, 0.2) is 30.3 Å². The third-order valence-electron chi connectivity index (χ3n) is 5.56. The smallest absolute Gasteiger partial charge is 0.134 e. The van der Waals surface area contributed by atoms with Gasteiger partial charge in [-0.1, -0.05) is 36.9 Å². The molecule has 2 aliphatic rings. The quantitative estimate of drug-likeness (QED) is 0.838. The Bertz CT molecular complexity index is 767. The van der Waals surface area contributed by atoms with Gasteiger partial charge in [0.2, 0.25) is 0 Å². The number of rotatable bonds is 4. The van der Waals surface area contributed by atoms with Crippen molar-refractivity contribution >= 4 is 28.9 Å². The minimum atomic E-state index is 0.556. The summed E-state index contributed by atoms with van der Waals surface area (Å²) in [6.45, 7) is 5.82. The molecule has 0 spiro atoms. The first-order valence-corrected chi connectivity index (χ1v) is 10.4. The average Bonchev–Trinajstić information content (AvgIpc) is 2.68. The van der Waals surface area contributed by atoms with Gasteiger partial charge in [-0.2, -0.15) is 0 Å². The molecule has 0 atom stereocenters. The molecule has 2 aromatic rings. The highest BCUT2D eigenvalue weighted by Gasteiger charge is 2.20. The lowest BCUT2D eigenvalue weighted by Gasteiger charge is -2.37. The Hall–Kier alpha value is -2.01. The molecule has 27 heavy (non-hydrogen) atoms. The van der Waals surface area contributed by atoms with E-state index in [1.165, 1.54) is 37.8 Å². The molecule has 2 heterocycles. The van der Waals surface area contributed by atoms with Crippen molar-refractivity contribution in [1.29, 1.82) is 0 Å². The van der Waals surface area contributed by atoms with Crippen LogP contribution >= 0.6 is 11.6 Å². The van der Waals surface area contributed by atoms with Crippen LogP contribution in [0.25, 0.3) is 0 Å². The van der Waals surface area contributed by atoms with Gasteiger partial charge in [0, 0.05) is 49.0 Å². The number of benzene rings is 1. The van der Waals surface area contributed by atoms with Crippen molar-refractivity contribution in [2.75, 3.05) is 41.3 Å². The summed E-state index contributed by atoms with van der Waals surface area (Å²) in [6, 6.07) is 10.8. The van der Waals surface area contributed by atoms with Crippen LogP contribution in [0.1, 0.15) is 37.9 Å². The van der Waals surface area contributed by atoms with Crippen molar-refractivity contribution in [1.82, 2.24) is 9.97 Å². The number of nitrogens with one attached hydrogen (secondary N) is 1.